The van der Waals surface area contributed by atoms with Gasteiger partial charge in [0, 0.05) is 25.7 Å². The molecule has 5 rings (SSSR count). The lowest BCUT2D eigenvalue weighted by Gasteiger charge is -2.50. The van der Waals surface area contributed by atoms with Crippen LogP contribution in [0.2, 0.25) is 0 Å². The van der Waals surface area contributed by atoms with E-state index in [1.54, 1.807) is 6.07 Å². The van der Waals surface area contributed by atoms with E-state index in [9.17, 15) is 18.4 Å². The molecule has 4 aliphatic rings. The van der Waals surface area contributed by atoms with Gasteiger partial charge in [0.1, 0.15) is 18.2 Å². The van der Waals surface area contributed by atoms with Gasteiger partial charge in [0.2, 0.25) is 6.41 Å². The second-order valence-electron chi connectivity index (χ2n) is 11.9. The molecule has 36 heavy (non-hydrogen) atoms. The van der Waals surface area contributed by atoms with Crippen molar-refractivity contribution in [2.24, 2.45) is 11.3 Å². The summed E-state index contributed by atoms with van der Waals surface area (Å²) in [5, 5.41) is 0. The summed E-state index contributed by atoms with van der Waals surface area (Å²) in [4.78, 5) is 27.2. The quantitative estimate of drug-likeness (QED) is 0.422. The number of carbonyl (C=O) groups excluding carboxylic acids is 2. The summed E-state index contributed by atoms with van der Waals surface area (Å²) in [6, 6.07) is 3.91. The van der Waals surface area contributed by atoms with Gasteiger partial charge < -0.3 is 9.64 Å². The third-order valence-electron chi connectivity index (χ3n) is 9.14. The molecule has 2 saturated carbocycles. The third-order valence-corrected chi connectivity index (χ3v) is 9.14. The molecule has 4 fully saturated rings. The minimum absolute atomic E-state index is 0.153. The van der Waals surface area contributed by atoms with Crippen LogP contribution in [-0.2, 0) is 9.53 Å². The molecule has 2 heterocycles. The molecule has 0 N–H and O–H groups in total. The molecule has 0 unspecified atom stereocenters. The number of hydrogen-bond acceptors (Lipinski definition) is 3. The number of halogens is 2. The number of cyclic esters (lactones) is 1. The van der Waals surface area contributed by atoms with Gasteiger partial charge in [0.25, 0.3) is 0 Å². The number of amides is 2. The van der Waals surface area contributed by atoms with Gasteiger partial charge in [-0.3, -0.25) is 9.69 Å². The van der Waals surface area contributed by atoms with E-state index in [-0.39, 0.29) is 22.9 Å². The van der Waals surface area contributed by atoms with E-state index in [1.807, 2.05) is 9.80 Å². The van der Waals surface area contributed by atoms with E-state index in [2.05, 4.69) is 13.8 Å². The van der Waals surface area contributed by atoms with Crippen LogP contribution in [-0.4, -0.2) is 54.1 Å². The highest BCUT2D eigenvalue weighted by molar-refractivity contribution is 5.71. The number of benzene rings is 1. The maximum absolute atomic E-state index is 13.3. The predicted octanol–water partition coefficient (Wildman–Crippen LogP) is 6.66. The molecule has 5 nitrogen and oxygen atoms in total. The Labute approximate surface area is 214 Å². The molecule has 2 saturated heterocycles. The Balaban J connectivity index is 0.000000197. The average molecular weight is 505 g/mol. The number of carbonyl (C=O) groups is 2. The summed E-state index contributed by atoms with van der Waals surface area (Å²) in [5.74, 6) is 0.126. The summed E-state index contributed by atoms with van der Waals surface area (Å²) < 4.78 is 31.2. The Bertz CT molecular complexity index is 902. The van der Waals surface area contributed by atoms with Gasteiger partial charge in [-0.05, 0) is 81.3 Å². The van der Waals surface area contributed by atoms with E-state index < -0.39 is 5.82 Å². The summed E-state index contributed by atoms with van der Waals surface area (Å²) in [6.45, 7) is 7.09. The van der Waals surface area contributed by atoms with Crippen LogP contribution >= 0.6 is 0 Å². The normalized spacial score (nSPS) is 24.3. The number of likely N-dealkylation sites (tertiary alicyclic amines) is 1. The largest absolute Gasteiger partial charge is 0.447 e. The monoisotopic (exact) mass is 504 g/mol. The molecule has 0 bridgehead atoms. The highest BCUT2D eigenvalue weighted by atomic mass is 19.1. The molecule has 0 radical (unpaired) electrons. The summed E-state index contributed by atoms with van der Waals surface area (Å²) in [5.41, 5.74) is 0.625. The van der Waals surface area contributed by atoms with Crippen LogP contribution in [0.15, 0.2) is 18.2 Å². The van der Waals surface area contributed by atoms with Crippen LogP contribution in [0.25, 0.3) is 0 Å². The Hall–Kier alpha value is -2.18. The second-order valence-corrected chi connectivity index (χ2v) is 11.9. The molecular weight excluding hydrogens is 462 g/mol. The Morgan fingerprint density at radius 2 is 1.64 bits per heavy atom. The van der Waals surface area contributed by atoms with Crippen molar-refractivity contribution in [1.82, 2.24) is 9.80 Å². The number of rotatable bonds is 5. The molecule has 0 atom stereocenters. The molecule has 2 amide bonds. The molecule has 0 spiro atoms. The van der Waals surface area contributed by atoms with Crippen molar-refractivity contribution in [2.45, 2.75) is 95.9 Å². The van der Waals surface area contributed by atoms with Crippen LogP contribution in [0.1, 0.15) is 96.0 Å². The van der Waals surface area contributed by atoms with Crippen molar-refractivity contribution in [3.05, 3.63) is 35.4 Å². The Morgan fingerprint density at radius 1 is 1.00 bits per heavy atom. The zero-order valence-corrected chi connectivity index (χ0v) is 21.9. The van der Waals surface area contributed by atoms with E-state index in [0.717, 1.165) is 57.8 Å². The molecule has 1 aromatic carbocycles. The highest BCUT2D eigenvalue weighted by Crippen LogP contribution is 2.47. The van der Waals surface area contributed by atoms with Crippen molar-refractivity contribution in [3.8, 4) is 0 Å². The average Bonchev–Trinajstić information content (AvgIpc) is 3.50. The van der Waals surface area contributed by atoms with E-state index in [1.165, 1.54) is 51.0 Å². The molecule has 2 aliphatic carbocycles. The third kappa shape index (κ3) is 6.03. The van der Waals surface area contributed by atoms with E-state index in [0.29, 0.717) is 24.0 Å². The molecule has 1 aromatic rings. The summed E-state index contributed by atoms with van der Waals surface area (Å²) >= 11 is 0. The second kappa shape index (κ2) is 11.5. The van der Waals surface area contributed by atoms with Crippen LogP contribution in [0, 0.1) is 23.0 Å². The highest BCUT2D eigenvalue weighted by Gasteiger charge is 2.48. The number of ether oxygens (including phenoxy) is 1. The van der Waals surface area contributed by atoms with Crippen molar-refractivity contribution < 1.29 is 23.1 Å². The first-order chi connectivity index (χ1) is 17.2. The van der Waals surface area contributed by atoms with Crippen molar-refractivity contribution in [3.63, 3.8) is 0 Å². The molecule has 7 heteroatoms. The Morgan fingerprint density at radius 3 is 2.19 bits per heavy atom. The zero-order valence-electron chi connectivity index (χ0n) is 21.9. The van der Waals surface area contributed by atoms with Gasteiger partial charge in [0.15, 0.2) is 0 Å². The smallest absolute Gasteiger partial charge is 0.410 e. The van der Waals surface area contributed by atoms with Crippen molar-refractivity contribution >= 4 is 12.5 Å². The van der Waals surface area contributed by atoms with Crippen molar-refractivity contribution in [2.75, 3.05) is 26.2 Å². The van der Waals surface area contributed by atoms with Gasteiger partial charge in [-0.25, -0.2) is 13.6 Å². The lowest BCUT2D eigenvalue weighted by Crippen LogP contribution is -2.54. The minimum Gasteiger partial charge on any atom is -0.447 e. The van der Waals surface area contributed by atoms with Crippen LogP contribution in [0.3, 0.4) is 0 Å². The topological polar surface area (TPSA) is 49.9 Å². The van der Waals surface area contributed by atoms with Gasteiger partial charge >= 0.3 is 6.09 Å². The van der Waals surface area contributed by atoms with E-state index >= 15 is 0 Å². The molecule has 2 aliphatic heterocycles. The number of piperidine rings is 1. The first kappa shape index (κ1) is 26.9. The van der Waals surface area contributed by atoms with Crippen LogP contribution in [0.5, 0.6) is 0 Å². The number of nitrogens with zero attached hydrogens (tertiary/aromatic N) is 2. The summed E-state index contributed by atoms with van der Waals surface area (Å²) in [7, 11) is 0. The molecule has 0 aromatic heterocycles. The van der Waals surface area contributed by atoms with Gasteiger partial charge in [-0.15, -0.1) is 0 Å². The first-order valence-corrected chi connectivity index (χ1v) is 13.8. The predicted molar refractivity (Wildman–Crippen MR) is 136 cm³/mol. The molecule has 200 valence electrons. The standard InChI is InChI=1S/C18H30N2O3.C11H12F2/c1-17(2)13-23-16(22)20(17)12-18(15-6-4-3-5-7-15)8-10-19(14-21)11-9-18;12-9-5-6-10(11(13)7-9)8-3-1-2-4-8/h14-15H,3-13H2,1-2H3;5-8H,1-4H2. The fourth-order valence-electron chi connectivity index (χ4n) is 6.79. The lowest BCUT2D eigenvalue weighted by atomic mass is 9.63. The van der Waals surface area contributed by atoms with Gasteiger partial charge in [-0.2, -0.15) is 0 Å². The Kier molecular flexibility index (Phi) is 8.56. The number of hydrogen-bond donors (Lipinski definition) is 0. The van der Waals surface area contributed by atoms with Gasteiger partial charge in [0.05, 0.1) is 5.54 Å². The minimum atomic E-state index is -0.487. The SMILES string of the molecule is CC1(C)COC(=O)N1CC1(C2CCCCC2)CCN(C=O)CC1.Fc1ccc(C2CCCC2)c(F)c1. The lowest BCUT2D eigenvalue weighted by molar-refractivity contribution is -0.121. The van der Waals surface area contributed by atoms with E-state index in [4.69, 9.17) is 4.74 Å². The maximum Gasteiger partial charge on any atom is 0.410 e. The fourth-order valence-corrected chi connectivity index (χ4v) is 6.79. The van der Waals surface area contributed by atoms with Crippen LogP contribution in [0.4, 0.5) is 13.6 Å². The maximum atomic E-state index is 13.3. The zero-order chi connectivity index (χ0) is 25.8. The van der Waals surface area contributed by atoms with Crippen molar-refractivity contribution in [1.29, 1.82) is 0 Å². The summed E-state index contributed by atoms with van der Waals surface area (Å²) in [6.07, 6.45) is 13.7. The first-order valence-electron chi connectivity index (χ1n) is 13.8. The molecular formula is C29H42F2N2O3. The van der Waals surface area contributed by atoms with Gasteiger partial charge in [-0.1, -0.05) is 38.2 Å². The van der Waals surface area contributed by atoms with Crippen LogP contribution < -0.4 is 0 Å². The fraction of sp³-hybridized carbons (Fsp3) is 0.724.